The van der Waals surface area contributed by atoms with E-state index in [0.717, 1.165) is 29.9 Å². The maximum Gasteiger partial charge on any atom is 0.277 e. The molecule has 0 radical (unpaired) electrons. The van der Waals surface area contributed by atoms with Gasteiger partial charge >= 0.3 is 0 Å². The van der Waals surface area contributed by atoms with Gasteiger partial charge in [-0.25, -0.2) is 17.7 Å². The quantitative estimate of drug-likeness (QED) is 0.353. The van der Waals surface area contributed by atoms with Crippen LogP contribution in [-0.2, 0) is 22.3 Å². The Morgan fingerprint density at radius 3 is 2.53 bits per heavy atom. The average molecular weight is 472 g/mol. The lowest BCUT2D eigenvalue weighted by Crippen LogP contribution is -2.22. The molecule has 32 heavy (non-hydrogen) atoms. The number of sulfonamides is 1. The molecule has 2 heterocycles. The highest BCUT2D eigenvalue weighted by molar-refractivity contribution is 7.98. The minimum atomic E-state index is -3.52. The third kappa shape index (κ3) is 4.43. The van der Waals surface area contributed by atoms with Crippen molar-refractivity contribution in [1.82, 2.24) is 24.1 Å². The molecule has 4 aromatic rings. The van der Waals surface area contributed by atoms with Crippen LogP contribution in [0.15, 0.2) is 57.0 Å². The molecule has 0 atom stereocenters. The number of thioether (sulfide) groups is 1. The second-order valence-electron chi connectivity index (χ2n) is 7.65. The molecule has 0 aliphatic heterocycles. The van der Waals surface area contributed by atoms with Crippen LogP contribution in [0.1, 0.15) is 24.7 Å². The Labute approximate surface area is 191 Å². The first-order valence-corrected chi connectivity index (χ1v) is 12.7. The molecule has 10 heteroatoms. The highest BCUT2D eigenvalue weighted by Crippen LogP contribution is 2.28. The summed E-state index contributed by atoms with van der Waals surface area (Å²) in [7, 11) is -0.480. The molecule has 0 aliphatic carbocycles. The lowest BCUT2D eigenvalue weighted by Gasteiger charge is -2.11. The van der Waals surface area contributed by atoms with Crippen molar-refractivity contribution in [3.8, 4) is 11.5 Å². The summed E-state index contributed by atoms with van der Waals surface area (Å²) >= 11 is 1.41. The lowest BCUT2D eigenvalue weighted by molar-refractivity contribution is 0.465. The van der Waals surface area contributed by atoms with Crippen LogP contribution < -0.4 is 0 Å². The third-order valence-corrected chi connectivity index (χ3v) is 7.68. The van der Waals surface area contributed by atoms with Crippen molar-refractivity contribution in [2.24, 2.45) is 0 Å². The zero-order valence-corrected chi connectivity index (χ0v) is 20.1. The lowest BCUT2D eigenvalue weighted by atomic mass is 10.1. The van der Waals surface area contributed by atoms with Crippen LogP contribution in [0.5, 0.6) is 0 Å². The second-order valence-corrected chi connectivity index (χ2v) is 10.7. The van der Waals surface area contributed by atoms with Crippen molar-refractivity contribution in [3.63, 3.8) is 0 Å². The minimum absolute atomic E-state index is 0.231. The molecule has 0 unspecified atom stereocenters. The number of imidazole rings is 1. The second kappa shape index (κ2) is 9.05. The summed E-state index contributed by atoms with van der Waals surface area (Å²) in [5.74, 6) is 1.84. The fraction of sp³-hybridized carbons (Fsp3) is 0.318. The number of nitrogens with zero attached hydrogens (tertiary/aromatic N) is 5. The normalized spacial score (nSPS) is 12.2. The van der Waals surface area contributed by atoms with Gasteiger partial charge in [0.15, 0.2) is 0 Å². The van der Waals surface area contributed by atoms with E-state index in [1.165, 1.54) is 35.7 Å². The van der Waals surface area contributed by atoms with E-state index in [0.29, 0.717) is 22.4 Å². The first-order chi connectivity index (χ1) is 15.3. The van der Waals surface area contributed by atoms with Gasteiger partial charge in [-0.05, 0) is 43.7 Å². The molecule has 0 N–H and O–H groups in total. The number of aromatic nitrogens is 4. The van der Waals surface area contributed by atoms with Crippen molar-refractivity contribution < 1.29 is 12.8 Å². The highest BCUT2D eigenvalue weighted by atomic mass is 32.2. The number of hydrogen-bond donors (Lipinski definition) is 0. The van der Waals surface area contributed by atoms with Crippen molar-refractivity contribution in [3.05, 3.63) is 53.9 Å². The summed E-state index contributed by atoms with van der Waals surface area (Å²) in [6.45, 7) is 4.91. The smallest absolute Gasteiger partial charge is 0.277 e. The molecular weight excluding hydrogens is 446 g/mol. The number of fused-ring (bicyclic) bond motifs is 1. The molecule has 0 saturated heterocycles. The van der Waals surface area contributed by atoms with Crippen molar-refractivity contribution >= 4 is 32.8 Å². The molecule has 2 aromatic heterocycles. The fourth-order valence-corrected chi connectivity index (χ4v) is 4.95. The molecule has 0 bridgehead atoms. The van der Waals surface area contributed by atoms with Crippen LogP contribution >= 0.6 is 11.8 Å². The maximum atomic E-state index is 12.5. The van der Waals surface area contributed by atoms with Crippen molar-refractivity contribution in [2.45, 2.75) is 42.7 Å². The van der Waals surface area contributed by atoms with Gasteiger partial charge in [0, 0.05) is 26.2 Å². The standard InChI is InChI=1S/C22H25N5O3S2/c1-5-12-27-19-11-10-17(32(28,29)26(3)4)13-18(19)23-20(27)14-31-22-25-24-21(30-22)16-8-6-15(2)7-9-16/h6-11,13H,5,12,14H2,1-4H3. The van der Waals surface area contributed by atoms with E-state index in [2.05, 4.69) is 21.7 Å². The molecule has 168 valence electrons. The summed E-state index contributed by atoms with van der Waals surface area (Å²) in [6, 6.07) is 13.0. The molecular formula is C22H25N5O3S2. The number of rotatable bonds is 8. The number of benzene rings is 2. The van der Waals surface area contributed by atoms with Gasteiger partial charge in [-0.1, -0.05) is 36.4 Å². The van der Waals surface area contributed by atoms with E-state index in [9.17, 15) is 8.42 Å². The van der Waals surface area contributed by atoms with Crippen LogP contribution in [0.4, 0.5) is 0 Å². The van der Waals surface area contributed by atoms with E-state index in [1.54, 1.807) is 12.1 Å². The SMILES string of the molecule is CCCn1c(CSc2nnc(-c3ccc(C)cc3)o2)nc2cc(S(=O)(=O)N(C)C)ccc21. The van der Waals surface area contributed by atoms with Crippen molar-refractivity contribution in [2.75, 3.05) is 14.1 Å². The molecule has 4 rings (SSSR count). The molecule has 0 amide bonds. The maximum absolute atomic E-state index is 12.5. The molecule has 2 aromatic carbocycles. The van der Waals surface area contributed by atoms with Gasteiger partial charge in [0.1, 0.15) is 5.82 Å². The average Bonchev–Trinajstić information content (AvgIpc) is 3.37. The Morgan fingerprint density at radius 1 is 1.09 bits per heavy atom. The van der Waals surface area contributed by atoms with Gasteiger partial charge in [0.2, 0.25) is 15.9 Å². The Morgan fingerprint density at radius 2 is 1.84 bits per heavy atom. The molecule has 0 aliphatic rings. The van der Waals surface area contributed by atoms with Gasteiger partial charge in [0.05, 0.1) is 21.7 Å². The van der Waals surface area contributed by atoms with Gasteiger partial charge < -0.3 is 8.98 Å². The molecule has 0 saturated carbocycles. The van der Waals surface area contributed by atoms with Crippen molar-refractivity contribution in [1.29, 1.82) is 0 Å². The van der Waals surface area contributed by atoms with Crippen LogP contribution in [0.25, 0.3) is 22.5 Å². The monoisotopic (exact) mass is 471 g/mol. The van der Waals surface area contributed by atoms with Crippen LogP contribution in [0, 0.1) is 6.92 Å². The van der Waals surface area contributed by atoms with E-state index >= 15 is 0 Å². The van der Waals surface area contributed by atoms with Gasteiger partial charge in [0.25, 0.3) is 5.22 Å². The molecule has 0 spiro atoms. The third-order valence-electron chi connectivity index (χ3n) is 5.05. The highest BCUT2D eigenvalue weighted by Gasteiger charge is 2.20. The first-order valence-electron chi connectivity index (χ1n) is 10.2. The number of aryl methyl sites for hydroxylation is 2. The van der Waals surface area contributed by atoms with Crippen LogP contribution in [-0.4, -0.2) is 46.6 Å². The Kier molecular flexibility index (Phi) is 6.36. The molecule has 0 fully saturated rings. The van der Waals surface area contributed by atoms with Gasteiger partial charge in [-0.15, -0.1) is 10.2 Å². The summed E-state index contributed by atoms with van der Waals surface area (Å²) in [5.41, 5.74) is 3.61. The first kappa shape index (κ1) is 22.5. The van der Waals surface area contributed by atoms with E-state index < -0.39 is 10.0 Å². The Hall–Kier alpha value is -2.69. The van der Waals surface area contributed by atoms with E-state index in [4.69, 9.17) is 9.40 Å². The van der Waals surface area contributed by atoms with Crippen LogP contribution in [0.3, 0.4) is 0 Å². The summed E-state index contributed by atoms with van der Waals surface area (Å²) < 4.78 is 34.1. The van der Waals surface area contributed by atoms with E-state index in [-0.39, 0.29) is 4.90 Å². The Balaban J connectivity index is 1.60. The van der Waals surface area contributed by atoms with Gasteiger partial charge in [-0.2, -0.15) is 0 Å². The minimum Gasteiger partial charge on any atom is -0.411 e. The zero-order chi connectivity index (χ0) is 22.9. The van der Waals surface area contributed by atoms with Gasteiger partial charge in [-0.3, -0.25) is 0 Å². The summed E-state index contributed by atoms with van der Waals surface area (Å²) in [4.78, 5) is 4.96. The predicted molar refractivity (Wildman–Crippen MR) is 125 cm³/mol. The zero-order valence-electron chi connectivity index (χ0n) is 18.4. The predicted octanol–water partition coefficient (Wildman–Crippen LogP) is 4.35. The fourth-order valence-electron chi connectivity index (χ4n) is 3.32. The van der Waals surface area contributed by atoms with Crippen LogP contribution in [0.2, 0.25) is 0 Å². The number of hydrogen-bond acceptors (Lipinski definition) is 7. The Bertz CT molecular complexity index is 1340. The largest absolute Gasteiger partial charge is 0.411 e. The summed E-state index contributed by atoms with van der Waals surface area (Å²) in [6.07, 6.45) is 0.930. The van der Waals surface area contributed by atoms with E-state index in [1.807, 2.05) is 37.3 Å². The molecule has 8 nitrogen and oxygen atoms in total. The topological polar surface area (TPSA) is 94.1 Å². The summed E-state index contributed by atoms with van der Waals surface area (Å²) in [5, 5.41) is 8.76.